The molecular weight excluding hydrogens is 318 g/mol. The third kappa shape index (κ3) is 1.67. The third-order valence-corrected chi connectivity index (χ3v) is 4.10. The molecule has 1 N–H and O–H groups in total. The van der Waals surface area contributed by atoms with Gasteiger partial charge in [-0.3, -0.25) is 9.89 Å². The molecule has 0 atom stereocenters. The number of hydrogen-bond acceptors (Lipinski definition) is 2. The second-order valence-electron chi connectivity index (χ2n) is 4.83. The Morgan fingerprint density at radius 1 is 1.20 bits per heavy atom. The highest BCUT2D eigenvalue weighted by atomic mass is 79.9. The van der Waals surface area contributed by atoms with Crippen molar-refractivity contribution in [1.29, 1.82) is 0 Å². The van der Waals surface area contributed by atoms with Crippen molar-refractivity contribution in [2.75, 3.05) is 4.90 Å². The first-order valence-corrected chi connectivity index (χ1v) is 7.05. The van der Waals surface area contributed by atoms with Gasteiger partial charge in [-0.15, -0.1) is 0 Å². The minimum absolute atomic E-state index is 0.0476. The van der Waals surface area contributed by atoms with E-state index in [9.17, 15) is 4.79 Å². The number of halogens is 1. The zero-order chi connectivity index (χ0) is 13.7. The van der Waals surface area contributed by atoms with Crippen molar-refractivity contribution in [3.05, 3.63) is 58.2 Å². The first kappa shape index (κ1) is 11.7. The maximum absolute atomic E-state index is 12.5. The average molecular weight is 328 g/mol. The van der Waals surface area contributed by atoms with Gasteiger partial charge in [0, 0.05) is 21.1 Å². The lowest BCUT2D eigenvalue weighted by Gasteiger charge is -2.15. The standard InChI is InChI=1S/C15H10BrN3O/c16-11-2-4-13-10(5-11)8-19(15(13)20)12-3-1-9-7-17-18-14(9)6-12/h1-7H,8H2,(H,17,18). The molecule has 4 rings (SSSR count). The van der Waals surface area contributed by atoms with Gasteiger partial charge in [0.15, 0.2) is 0 Å². The van der Waals surface area contributed by atoms with Crippen LogP contribution in [0.4, 0.5) is 5.69 Å². The highest BCUT2D eigenvalue weighted by Crippen LogP contribution is 2.31. The van der Waals surface area contributed by atoms with E-state index in [1.54, 1.807) is 11.1 Å². The number of anilines is 1. The molecule has 0 aliphatic carbocycles. The van der Waals surface area contributed by atoms with Crippen molar-refractivity contribution in [3.8, 4) is 0 Å². The summed E-state index contributed by atoms with van der Waals surface area (Å²) < 4.78 is 0.995. The van der Waals surface area contributed by atoms with Crippen molar-refractivity contribution in [2.45, 2.75) is 6.54 Å². The Labute approximate surface area is 123 Å². The fraction of sp³-hybridized carbons (Fsp3) is 0.0667. The van der Waals surface area contributed by atoms with E-state index >= 15 is 0 Å². The summed E-state index contributed by atoms with van der Waals surface area (Å²) in [5.41, 5.74) is 3.65. The fourth-order valence-electron chi connectivity index (χ4n) is 2.59. The number of rotatable bonds is 1. The highest BCUT2D eigenvalue weighted by molar-refractivity contribution is 9.10. The van der Waals surface area contributed by atoms with Crippen molar-refractivity contribution in [1.82, 2.24) is 10.2 Å². The van der Waals surface area contributed by atoms with E-state index in [2.05, 4.69) is 26.1 Å². The quantitative estimate of drug-likeness (QED) is 0.743. The molecule has 2 aromatic carbocycles. The number of fused-ring (bicyclic) bond motifs is 2. The average Bonchev–Trinajstić information content (AvgIpc) is 3.02. The molecule has 1 aromatic heterocycles. The van der Waals surface area contributed by atoms with Crippen LogP contribution in [-0.2, 0) is 6.54 Å². The molecule has 0 spiro atoms. The van der Waals surface area contributed by atoms with Gasteiger partial charge in [0.2, 0.25) is 0 Å². The number of carbonyl (C=O) groups excluding carboxylic acids is 1. The van der Waals surface area contributed by atoms with Crippen molar-refractivity contribution >= 4 is 38.4 Å². The Morgan fingerprint density at radius 3 is 3.00 bits per heavy atom. The number of hydrogen-bond donors (Lipinski definition) is 1. The van der Waals surface area contributed by atoms with E-state index in [-0.39, 0.29) is 5.91 Å². The van der Waals surface area contributed by atoms with Gasteiger partial charge in [-0.25, -0.2) is 0 Å². The number of carbonyl (C=O) groups is 1. The number of amides is 1. The smallest absolute Gasteiger partial charge is 0.258 e. The molecule has 0 unspecified atom stereocenters. The van der Waals surface area contributed by atoms with Gasteiger partial charge in [-0.2, -0.15) is 5.10 Å². The molecule has 1 amide bonds. The van der Waals surface area contributed by atoms with Gasteiger partial charge < -0.3 is 4.90 Å². The van der Waals surface area contributed by atoms with Crippen molar-refractivity contribution < 1.29 is 4.79 Å². The van der Waals surface area contributed by atoms with Gasteiger partial charge in [0.25, 0.3) is 5.91 Å². The minimum Gasteiger partial charge on any atom is -0.304 e. The second kappa shape index (κ2) is 4.18. The highest BCUT2D eigenvalue weighted by Gasteiger charge is 2.28. The van der Waals surface area contributed by atoms with Crippen LogP contribution in [0.1, 0.15) is 15.9 Å². The summed E-state index contributed by atoms with van der Waals surface area (Å²) in [5.74, 6) is 0.0476. The predicted octanol–water partition coefficient (Wildman–Crippen LogP) is 3.49. The number of nitrogens with zero attached hydrogens (tertiary/aromatic N) is 2. The lowest BCUT2D eigenvalue weighted by atomic mass is 10.1. The summed E-state index contributed by atoms with van der Waals surface area (Å²) >= 11 is 3.45. The van der Waals surface area contributed by atoms with E-state index in [1.807, 2.05) is 36.4 Å². The van der Waals surface area contributed by atoms with E-state index < -0.39 is 0 Å². The van der Waals surface area contributed by atoms with Crippen LogP contribution in [0.3, 0.4) is 0 Å². The van der Waals surface area contributed by atoms with Crippen LogP contribution in [0, 0.1) is 0 Å². The SMILES string of the molecule is O=C1c2ccc(Br)cc2CN1c1ccc2cn[nH]c2c1. The monoisotopic (exact) mass is 327 g/mol. The van der Waals surface area contributed by atoms with Crippen LogP contribution in [0.5, 0.6) is 0 Å². The van der Waals surface area contributed by atoms with Crippen molar-refractivity contribution in [2.24, 2.45) is 0 Å². The largest absolute Gasteiger partial charge is 0.304 e. The van der Waals surface area contributed by atoms with Crippen LogP contribution in [0.25, 0.3) is 10.9 Å². The Morgan fingerprint density at radius 2 is 2.10 bits per heavy atom. The lowest BCUT2D eigenvalue weighted by molar-refractivity contribution is 0.0996. The number of nitrogens with one attached hydrogen (secondary N) is 1. The summed E-state index contributed by atoms with van der Waals surface area (Å²) in [6, 6.07) is 11.7. The van der Waals surface area contributed by atoms with E-state index in [0.29, 0.717) is 6.54 Å². The molecule has 0 bridgehead atoms. The molecular formula is C15H10BrN3O. The molecule has 0 radical (unpaired) electrons. The van der Waals surface area contributed by atoms with Gasteiger partial charge >= 0.3 is 0 Å². The molecule has 98 valence electrons. The first-order chi connectivity index (χ1) is 9.72. The number of aromatic nitrogens is 2. The van der Waals surface area contributed by atoms with Crippen LogP contribution in [0.15, 0.2) is 47.1 Å². The number of aromatic amines is 1. The summed E-state index contributed by atoms with van der Waals surface area (Å²) in [4.78, 5) is 14.3. The molecule has 0 saturated heterocycles. The molecule has 3 aromatic rings. The molecule has 1 aliphatic heterocycles. The van der Waals surface area contributed by atoms with Crippen LogP contribution >= 0.6 is 15.9 Å². The lowest BCUT2D eigenvalue weighted by Crippen LogP contribution is -2.22. The molecule has 1 aliphatic rings. The molecule has 4 nitrogen and oxygen atoms in total. The predicted molar refractivity (Wildman–Crippen MR) is 80.7 cm³/mol. The Balaban J connectivity index is 1.78. The Bertz CT molecular complexity index is 840. The zero-order valence-electron chi connectivity index (χ0n) is 10.4. The molecule has 2 heterocycles. The Kier molecular flexibility index (Phi) is 2.44. The first-order valence-electron chi connectivity index (χ1n) is 6.26. The second-order valence-corrected chi connectivity index (χ2v) is 5.75. The van der Waals surface area contributed by atoms with Crippen LogP contribution in [0.2, 0.25) is 0 Å². The van der Waals surface area contributed by atoms with Gasteiger partial charge in [-0.1, -0.05) is 15.9 Å². The molecule has 20 heavy (non-hydrogen) atoms. The van der Waals surface area contributed by atoms with Gasteiger partial charge in [0.05, 0.1) is 18.3 Å². The van der Waals surface area contributed by atoms with Crippen LogP contribution < -0.4 is 4.90 Å². The third-order valence-electron chi connectivity index (χ3n) is 3.61. The maximum Gasteiger partial charge on any atom is 0.258 e. The van der Waals surface area contributed by atoms with E-state index in [0.717, 1.165) is 32.2 Å². The minimum atomic E-state index is 0.0476. The summed E-state index contributed by atoms with van der Waals surface area (Å²) in [5, 5.41) is 7.98. The number of benzene rings is 2. The molecule has 0 saturated carbocycles. The van der Waals surface area contributed by atoms with Gasteiger partial charge in [0.1, 0.15) is 0 Å². The number of H-pyrrole nitrogens is 1. The van der Waals surface area contributed by atoms with E-state index in [1.165, 1.54) is 0 Å². The molecule has 5 heteroatoms. The van der Waals surface area contributed by atoms with Crippen molar-refractivity contribution in [3.63, 3.8) is 0 Å². The normalized spacial score (nSPS) is 14.1. The Hall–Kier alpha value is -2.14. The van der Waals surface area contributed by atoms with Crippen LogP contribution in [-0.4, -0.2) is 16.1 Å². The van der Waals surface area contributed by atoms with E-state index in [4.69, 9.17) is 0 Å². The summed E-state index contributed by atoms with van der Waals surface area (Å²) in [6.07, 6.45) is 1.77. The summed E-state index contributed by atoms with van der Waals surface area (Å²) in [7, 11) is 0. The maximum atomic E-state index is 12.5. The molecule has 0 fully saturated rings. The fourth-order valence-corrected chi connectivity index (χ4v) is 3.00. The topological polar surface area (TPSA) is 49.0 Å². The zero-order valence-corrected chi connectivity index (χ0v) is 12.0. The summed E-state index contributed by atoms with van der Waals surface area (Å²) in [6.45, 7) is 0.604. The van der Waals surface area contributed by atoms with Gasteiger partial charge in [-0.05, 0) is 42.0 Å².